The van der Waals surface area contributed by atoms with Crippen LogP contribution < -0.4 is 10.2 Å². The molecule has 1 fully saturated rings. The van der Waals surface area contributed by atoms with Crippen LogP contribution in [0.3, 0.4) is 0 Å². The van der Waals surface area contributed by atoms with Crippen LogP contribution in [0, 0.1) is 0 Å². The lowest BCUT2D eigenvalue weighted by Crippen LogP contribution is -2.19. The molecule has 104 valence electrons. The van der Waals surface area contributed by atoms with Gasteiger partial charge < -0.3 is 10.2 Å². The van der Waals surface area contributed by atoms with Crippen molar-refractivity contribution in [1.29, 1.82) is 0 Å². The maximum absolute atomic E-state index is 4.36. The van der Waals surface area contributed by atoms with Gasteiger partial charge in [0.25, 0.3) is 0 Å². The van der Waals surface area contributed by atoms with E-state index in [0.29, 0.717) is 0 Å². The van der Waals surface area contributed by atoms with Crippen molar-refractivity contribution in [3.63, 3.8) is 0 Å². The monoisotopic (exact) mass is 286 g/mol. The third-order valence-corrected chi connectivity index (χ3v) is 4.19. The highest BCUT2D eigenvalue weighted by molar-refractivity contribution is 7.98. The summed E-state index contributed by atoms with van der Waals surface area (Å²) in [6.45, 7) is 2.19. The van der Waals surface area contributed by atoms with Gasteiger partial charge in [0.15, 0.2) is 0 Å². The Morgan fingerprint density at radius 3 is 2.55 bits per heavy atom. The predicted octanol–water partition coefficient (Wildman–Crippen LogP) is 3.54. The van der Waals surface area contributed by atoms with E-state index >= 15 is 0 Å². The van der Waals surface area contributed by atoms with Gasteiger partial charge in [0.1, 0.15) is 18.0 Å². The third-order valence-electron chi connectivity index (χ3n) is 3.45. The quantitative estimate of drug-likeness (QED) is 0.871. The van der Waals surface area contributed by atoms with E-state index in [-0.39, 0.29) is 0 Å². The van der Waals surface area contributed by atoms with Gasteiger partial charge in [0.05, 0.1) is 0 Å². The summed E-state index contributed by atoms with van der Waals surface area (Å²) in [6, 6.07) is 10.4. The SMILES string of the molecule is CSc1ccc(Nc2cc(N3CCCC3)ncn2)cc1. The molecule has 1 aromatic heterocycles. The van der Waals surface area contributed by atoms with Crippen LogP contribution in [-0.4, -0.2) is 29.3 Å². The first-order valence-corrected chi connectivity index (χ1v) is 8.06. The van der Waals surface area contributed by atoms with Crippen molar-refractivity contribution in [2.45, 2.75) is 17.7 Å². The molecule has 0 saturated carbocycles. The number of thioether (sulfide) groups is 1. The van der Waals surface area contributed by atoms with Crippen molar-refractivity contribution >= 4 is 29.1 Å². The maximum atomic E-state index is 4.36. The molecule has 1 N–H and O–H groups in total. The Bertz CT molecular complexity index is 564. The van der Waals surface area contributed by atoms with Gasteiger partial charge in [0, 0.05) is 29.7 Å². The minimum atomic E-state index is 0.846. The Hall–Kier alpha value is -1.75. The second kappa shape index (κ2) is 6.13. The lowest BCUT2D eigenvalue weighted by Gasteiger charge is -2.16. The lowest BCUT2D eigenvalue weighted by molar-refractivity contribution is 0.928. The fraction of sp³-hybridized carbons (Fsp3) is 0.333. The molecule has 0 atom stereocenters. The molecular formula is C15H18N4S. The van der Waals surface area contributed by atoms with Crippen LogP contribution in [0.15, 0.2) is 41.6 Å². The average molecular weight is 286 g/mol. The first-order valence-electron chi connectivity index (χ1n) is 6.83. The fourth-order valence-corrected chi connectivity index (χ4v) is 2.77. The molecule has 2 heterocycles. The lowest BCUT2D eigenvalue weighted by atomic mass is 10.3. The van der Waals surface area contributed by atoms with Gasteiger partial charge in [-0.3, -0.25) is 0 Å². The fourth-order valence-electron chi connectivity index (χ4n) is 2.36. The van der Waals surface area contributed by atoms with Crippen LogP contribution in [0.2, 0.25) is 0 Å². The van der Waals surface area contributed by atoms with E-state index in [2.05, 4.69) is 50.7 Å². The second-order valence-corrected chi connectivity index (χ2v) is 5.69. The van der Waals surface area contributed by atoms with Gasteiger partial charge in [-0.05, 0) is 43.4 Å². The summed E-state index contributed by atoms with van der Waals surface area (Å²) in [4.78, 5) is 12.2. The van der Waals surface area contributed by atoms with Crippen LogP contribution in [0.25, 0.3) is 0 Å². The number of aromatic nitrogens is 2. The molecule has 0 aliphatic carbocycles. The van der Waals surface area contributed by atoms with Crippen LogP contribution in [0.5, 0.6) is 0 Å². The van der Waals surface area contributed by atoms with Gasteiger partial charge in [-0.2, -0.15) is 0 Å². The zero-order valence-corrected chi connectivity index (χ0v) is 12.4. The molecule has 1 aliphatic heterocycles. The standard InChI is InChI=1S/C15H18N4S/c1-20-13-6-4-12(5-7-13)18-14-10-15(17-11-16-14)19-8-2-3-9-19/h4-7,10-11H,2-3,8-9H2,1H3,(H,16,17,18). The van der Waals surface area contributed by atoms with E-state index in [1.165, 1.54) is 17.7 Å². The van der Waals surface area contributed by atoms with Crippen molar-refractivity contribution in [3.05, 3.63) is 36.7 Å². The first kappa shape index (κ1) is 13.2. The van der Waals surface area contributed by atoms with Gasteiger partial charge in [-0.1, -0.05) is 0 Å². The molecule has 5 heteroatoms. The Balaban J connectivity index is 1.74. The summed E-state index contributed by atoms with van der Waals surface area (Å²) in [6.07, 6.45) is 6.22. The predicted molar refractivity (Wildman–Crippen MR) is 85.0 cm³/mol. The molecule has 4 nitrogen and oxygen atoms in total. The number of rotatable bonds is 4. The van der Waals surface area contributed by atoms with Crippen LogP contribution in [0.1, 0.15) is 12.8 Å². The molecule has 0 bridgehead atoms. The number of hydrogen-bond donors (Lipinski definition) is 1. The van der Waals surface area contributed by atoms with E-state index < -0.39 is 0 Å². The molecule has 0 radical (unpaired) electrons. The average Bonchev–Trinajstić information content (AvgIpc) is 3.03. The first-order chi connectivity index (χ1) is 9.85. The summed E-state index contributed by atoms with van der Waals surface area (Å²) in [7, 11) is 0. The van der Waals surface area contributed by atoms with E-state index in [1.807, 2.05) is 6.07 Å². The Morgan fingerprint density at radius 1 is 1.10 bits per heavy atom. The molecule has 20 heavy (non-hydrogen) atoms. The molecule has 2 aromatic rings. The van der Waals surface area contributed by atoms with Crippen molar-refractivity contribution in [1.82, 2.24) is 9.97 Å². The maximum Gasteiger partial charge on any atom is 0.135 e. The van der Waals surface area contributed by atoms with Gasteiger partial charge >= 0.3 is 0 Å². The van der Waals surface area contributed by atoms with Gasteiger partial charge in [-0.25, -0.2) is 9.97 Å². The van der Waals surface area contributed by atoms with E-state index in [0.717, 1.165) is 30.4 Å². The molecule has 1 aromatic carbocycles. The highest BCUT2D eigenvalue weighted by atomic mass is 32.2. The Labute approximate surface area is 123 Å². The number of hydrogen-bond acceptors (Lipinski definition) is 5. The Morgan fingerprint density at radius 2 is 1.85 bits per heavy atom. The minimum absolute atomic E-state index is 0.846. The van der Waals surface area contributed by atoms with Crippen molar-refractivity contribution in [2.75, 3.05) is 29.6 Å². The van der Waals surface area contributed by atoms with E-state index in [1.54, 1.807) is 18.1 Å². The van der Waals surface area contributed by atoms with Gasteiger partial charge in [0.2, 0.25) is 0 Å². The Kier molecular flexibility index (Phi) is 4.06. The van der Waals surface area contributed by atoms with Crippen molar-refractivity contribution < 1.29 is 0 Å². The number of nitrogens with one attached hydrogen (secondary N) is 1. The summed E-state index contributed by atoms with van der Waals surface area (Å²) in [5.74, 6) is 1.86. The molecule has 0 unspecified atom stereocenters. The zero-order chi connectivity index (χ0) is 13.8. The molecule has 0 amide bonds. The number of benzene rings is 1. The zero-order valence-electron chi connectivity index (χ0n) is 11.5. The van der Waals surface area contributed by atoms with E-state index in [4.69, 9.17) is 0 Å². The summed E-state index contributed by atoms with van der Waals surface area (Å²) < 4.78 is 0. The van der Waals surface area contributed by atoms with Crippen molar-refractivity contribution in [2.24, 2.45) is 0 Å². The van der Waals surface area contributed by atoms with E-state index in [9.17, 15) is 0 Å². The van der Waals surface area contributed by atoms with Gasteiger partial charge in [-0.15, -0.1) is 11.8 Å². The summed E-state index contributed by atoms with van der Waals surface area (Å²) in [5.41, 5.74) is 1.05. The normalized spacial score (nSPS) is 14.6. The molecule has 1 saturated heterocycles. The summed E-state index contributed by atoms with van der Waals surface area (Å²) in [5, 5.41) is 3.33. The number of nitrogens with zero attached hydrogens (tertiary/aromatic N) is 3. The highest BCUT2D eigenvalue weighted by Gasteiger charge is 2.13. The van der Waals surface area contributed by atoms with Crippen LogP contribution in [0.4, 0.5) is 17.3 Å². The molecule has 3 rings (SSSR count). The summed E-state index contributed by atoms with van der Waals surface area (Å²) >= 11 is 1.74. The molecule has 1 aliphatic rings. The molecular weight excluding hydrogens is 268 g/mol. The van der Waals surface area contributed by atoms with Crippen LogP contribution in [-0.2, 0) is 0 Å². The minimum Gasteiger partial charge on any atom is -0.356 e. The second-order valence-electron chi connectivity index (χ2n) is 4.81. The largest absolute Gasteiger partial charge is 0.356 e. The topological polar surface area (TPSA) is 41.0 Å². The molecule has 0 spiro atoms. The smallest absolute Gasteiger partial charge is 0.135 e. The highest BCUT2D eigenvalue weighted by Crippen LogP contribution is 2.23. The van der Waals surface area contributed by atoms with Crippen molar-refractivity contribution in [3.8, 4) is 0 Å². The third kappa shape index (κ3) is 3.04. The number of anilines is 3. The van der Waals surface area contributed by atoms with Crippen LogP contribution >= 0.6 is 11.8 Å².